The summed E-state index contributed by atoms with van der Waals surface area (Å²) < 4.78 is 5.10. The van der Waals surface area contributed by atoms with Crippen LogP contribution in [-0.2, 0) is 16.0 Å². The molecule has 1 N–H and O–H groups in total. The maximum atomic E-state index is 12.3. The molecule has 2 atom stereocenters. The van der Waals surface area contributed by atoms with E-state index in [1.165, 1.54) is 0 Å². The molecule has 7 heteroatoms. The molecular formula is C17H18ClN3O3. The zero-order valence-electron chi connectivity index (χ0n) is 13.3. The highest BCUT2D eigenvalue weighted by atomic mass is 35.5. The lowest BCUT2D eigenvalue weighted by atomic mass is 9.86. The van der Waals surface area contributed by atoms with E-state index in [9.17, 15) is 9.59 Å². The number of hydrogen-bond acceptors (Lipinski definition) is 4. The minimum absolute atomic E-state index is 0.00348. The number of carbonyl (C=O) groups is 2. The lowest BCUT2D eigenvalue weighted by Gasteiger charge is -2.30. The number of rotatable bonds is 4. The van der Waals surface area contributed by atoms with E-state index in [-0.39, 0.29) is 30.3 Å². The van der Waals surface area contributed by atoms with Gasteiger partial charge in [-0.3, -0.25) is 9.59 Å². The van der Waals surface area contributed by atoms with Gasteiger partial charge in [-0.25, -0.2) is 0 Å². The van der Waals surface area contributed by atoms with Crippen molar-refractivity contribution >= 4 is 23.4 Å². The fourth-order valence-electron chi connectivity index (χ4n) is 3.08. The van der Waals surface area contributed by atoms with Gasteiger partial charge in [0.05, 0.1) is 24.6 Å². The van der Waals surface area contributed by atoms with E-state index in [4.69, 9.17) is 16.3 Å². The summed E-state index contributed by atoms with van der Waals surface area (Å²) >= 11 is 6.08. The first kappa shape index (κ1) is 16.6. The average molecular weight is 348 g/mol. The second-order valence-electron chi connectivity index (χ2n) is 5.98. The Morgan fingerprint density at radius 3 is 3.00 bits per heavy atom. The van der Waals surface area contributed by atoms with Gasteiger partial charge in [-0.15, -0.1) is 5.11 Å². The zero-order valence-corrected chi connectivity index (χ0v) is 14.0. The van der Waals surface area contributed by atoms with Crippen LogP contribution in [0.25, 0.3) is 0 Å². The van der Waals surface area contributed by atoms with Crippen LogP contribution in [0.5, 0.6) is 5.75 Å². The van der Waals surface area contributed by atoms with Crippen molar-refractivity contribution in [2.24, 2.45) is 10.2 Å². The standard InChI is InChI=1S/C17H18ClN3O3/c1-24-15-5-2-10(6-13(15)18)7-16(22)19-12-3-4-14-11(8-12)9-17(23)21-20-14/h2,5-6,9,12,14H,3-4,7-8H2,1H3,(H,19,22). The number of hydrogen-bond donors (Lipinski definition) is 1. The fraction of sp³-hybridized carbons (Fsp3) is 0.412. The first-order valence-electron chi connectivity index (χ1n) is 7.82. The Morgan fingerprint density at radius 2 is 2.25 bits per heavy atom. The number of halogens is 1. The minimum Gasteiger partial charge on any atom is -0.495 e. The van der Waals surface area contributed by atoms with Gasteiger partial charge in [-0.05, 0) is 42.5 Å². The summed E-state index contributed by atoms with van der Waals surface area (Å²) in [7, 11) is 1.55. The number of azo groups is 1. The Hall–Kier alpha value is -2.21. The van der Waals surface area contributed by atoms with E-state index in [2.05, 4.69) is 15.5 Å². The Kier molecular flexibility index (Phi) is 4.94. The van der Waals surface area contributed by atoms with Crippen LogP contribution in [0, 0.1) is 0 Å². The van der Waals surface area contributed by atoms with Gasteiger partial charge in [0.25, 0.3) is 5.91 Å². The summed E-state index contributed by atoms with van der Waals surface area (Å²) in [6.07, 6.45) is 4.05. The molecular weight excluding hydrogens is 330 g/mol. The third kappa shape index (κ3) is 3.82. The molecule has 2 unspecified atom stereocenters. The van der Waals surface area contributed by atoms with Gasteiger partial charge in [0.15, 0.2) is 0 Å². The van der Waals surface area contributed by atoms with E-state index in [1.54, 1.807) is 25.3 Å². The summed E-state index contributed by atoms with van der Waals surface area (Å²) in [5.74, 6) is 0.201. The Labute approximate surface area is 144 Å². The number of carbonyl (C=O) groups excluding carboxylic acids is 2. The van der Waals surface area contributed by atoms with Gasteiger partial charge in [-0.1, -0.05) is 17.7 Å². The van der Waals surface area contributed by atoms with Gasteiger partial charge in [0, 0.05) is 12.1 Å². The number of ether oxygens (including phenoxy) is 1. The molecule has 2 aliphatic rings. The lowest BCUT2D eigenvalue weighted by molar-refractivity contribution is -0.121. The normalized spacial score (nSPS) is 22.6. The molecule has 1 heterocycles. The van der Waals surface area contributed by atoms with E-state index in [0.717, 1.165) is 24.0 Å². The fourth-order valence-corrected chi connectivity index (χ4v) is 3.36. The number of methoxy groups -OCH3 is 1. The molecule has 126 valence electrons. The molecule has 6 nitrogen and oxygen atoms in total. The molecule has 0 radical (unpaired) electrons. The van der Waals surface area contributed by atoms with Crippen LogP contribution < -0.4 is 10.1 Å². The first-order valence-corrected chi connectivity index (χ1v) is 8.20. The topological polar surface area (TPSA) is 80.1 Å². The molecule has 1 aromatic carbocycles. The number of fused-ring (bicyclic) bond motifs is 1. The third-order valence-corrected chi connectivity index (χ3v) is 4.54. The predicted molar refractivity (Wildman–Crippen MR) is 89.2 cm³/mol. The molecule has 1 fully saturated rings. The Bertz CT molecular complexity index is 730. The first-order chi connectivity index (χ1) is 11.5. The number of benzene rings is 1. The molecule has 3 rings (SSSR count). The van der Waals surface area contributed by atoms with Crippen molar-refractivity contribution in [3.63, 3.8) is 0 Å². The highest BCUT2D eigenvalue weighted by Crippen LogP contribution is 2.29. The van der Waals surface area contributed by atoms with Crippen LogP contribution in [0.2, 0.25) is 5.02 Å². The van der Waals surface area contributed by atoms with E-state index < -0.39 is 0 Å². The summed E-state index contributed by atoms with van der Waals surface area (Å²) in [4.78, 5) is 23.6. The highest BCUT2D eigenvalue weighted by Gasteiger charge is 2.29. The van der Waals surface area contributed by atoms with Gasteiger partial charge in [0.2, 0.25) is 5.91 Å². The van der Waals surface area contributed by atoms with Gasteiger partial charge in [-0.2, -0.15) is 5.11 Å². The molecule has 0 bridgehead atoms. The van der Waals surface area contributed by atoms with Crippen molar-refractivity contribution in [2.75, 3.05) is 7.11 Å². The van der Waals surface area contributed by atoms with Crippen LogP contribution in [0.3, 0.4) is 0 Å². The van der Waals surface area contributed by atoms with Crippen molar-refractivity contribution in [3.8, 4) is 5.75 Å². The van der Waals surface area contributed by atoms with Crippen molar-refractivity contribution in [1.82, 2.24) is 5.32 Å². The van der Waals surface area contributed by atoms with Crippen LogP contribution >= 0.6 is 11.6 Å². The van der Waals surface area contributed by atoms with Crippen molar-refractivity contribution in [2.45, 2.75) is 37.8 Å². The van der Waals surface area contributed by atoms with Crippen LogP contribution in [0.15, 0.2) is 40.1 Å². The van der Waals surface area contributed by atoms with Crippen LogP contribution in [-0.4, -0.2) is 31.0 Å². The molecule has 1 aliphatic heterocycles. The van der Waals surface area contributed by atoms with Crippen LogP contribution in [0.4, 0.5) is 0 Å². The van der Waals surface area contributed by atoms with Crippen molar-refractivity contribution < 1.29 is 14.3 Å². The molecule has 2 amide bonds. The van der Waals surface area contributed by atoms with Gasteiger partial charge >= 0.3 is 0 Å². The summed E-state index contributed by atoms with van der Waals surface area (Å²) in [6.45, 7) is 0. The summed E-state index contributed by atoms with van der Waals surface area (Å²) in [5, 5.41) is 11.1. The van der Waals surface area contributed by atoms with Gasteiger partial charge < -0.3 is 10.1 Å². The molecule has 0 spiro atoms. The third-order valence-electron chi connectivity index (χ3n) is 4.25. The second kappa shape index (κ2) is 7.13. The monoisotopic (exact) mass is 347 g/mol. The van der Waals surface area contributed by atoms with E-state index >= 15 is 0 Å². The molecule has 1 aromatic rings. The van der Waals surface area contributed by atoms with E-state index in [0.29, 0.717) is 17.2 Å². The van der Waals surface area contributed by atoms with Gasteiger partial charge in [0.1, 0.15) is 5.75 Å². The Morgan fingerprint density at radius 1 is 1.42 bits per heavy atom. The Balaban J connectivity index is 1.57. The van der Waals surface area contributed by atoms with Crippen molar-refractivity contribution in [3.05, 3.63) is 40.4 Å². The smallest absolute Gasteiger partial charge is 0.287 e. The summed E-state index contributed by atoms with van der Waals surface area (Å²) in [5.41, 5.74) is 1.78. The minimum atomic E-state index is -0.318. The number of nitrogens with one attached hydrogen (secondary N) is 1. The largest absolute Gasteiger partial charge is 0.495 e. The lowest BCUT2D eigenvalue weighted by Crippen LogP contribution is -2.40. The molecule has 0 aromatic heterocycles. The molecule has 0 saturated heterocycles. The van der Waals surface area contributed by atoms with Crippen LogP contribution in [0.1, 0.15) is 24.8 Å². The number of nitrogens with zero attached hydrogens (tertiary/aromatic N) is 2. The zero-order chi connectivity index (χ0) is 17.1. The molecule has 1 saturated carbocycles. The molecule has 1 aliphatic carbocycles. The maximum Gasteiger partial charge on any atom is 0.287 e. The van der Waals surface area contributed by atoms with E-state index in [1.807, 2.05) is 6.07 Å². The molecule has 24 heavy (non-hydrogen) atoms. The number of amides is 2. The highest BCUT2D eigenvalue weighted by molar-refractivity contribution is 6.32. The quantitative estimate of drug-likeness (QED) is 0.909. The van der Waals surface area contributed by atoms with Crippen molar-refractivity contribution in [1.29, 1.82) is 0 Å². The predicted octanol–water partition coefficient (Wildman–Crippen LogP) is 2.85. The summed E-state index contributed by atoms with van der Waals surface area (Å²) in [6, 6.07) is 5.33. The second-order valence-corrected chi connectivity index (χ2v) is 6.39. The average Bonchev–Trinajstić information content (AvgIpc) is 2.54. The SMILES string of the molecule is COc1ccc(CC(=O)NC2CCC3N=NC(=O)C=C3C2)cc1Cl. The maximum absolute atomic E-state index is 12.3.